The molecule has 0 atom stereocenters. The van der Waals surface area contributed by atoms with Gasteiger partial charge in [-0.1, -0.05) is 5.21 Å². The molecule has 2 rings (SSSR count). The molecule has 7 nitrogen and oxygen atoms in total. The van der Waals surface area contributed by atoms with Gasteiger partial charge in [0.15, 0.2) is 10.4 Å². The Bertz CT molecular complexity index is 521. The summed E-state index contributed by atoms with van der Waals surface area (Å²) in [6, 6.07) is 1.67. The van der Waals surface area contributed by atoms with Gasteiger partial charge in [-0.2, -0.15) is 0 Å². The van der Waals surface area contributed by atoms with Gasteiger partial charge in [-0.05, 0) is 15.9 Å². The molecular formula is C9H11BrN6O. The topological polar surface area (TPSA) is 91.7 Å². The van der Waals surface area contributed by atoms with Crippen LogP contribution in [0.25, 0.3) is 11.4 Å². The highest BCUT2D eigenvalue weighted by molar-refractivity contribution is 9.10. The summed E-state index contributed by atoms with van der Waals surface area (Å²) in [6.45, 7) is 0.306. The van der Waals surface area contributed by atoms with Crippen molar-refractivity contribution in [1.82, 2.24) is 25.0 Å². The number of anilines is 1. The molecule has 0 amide bonds. The van der Waals surface area contributed by atoms with E-state index in [-0.39, 0.29) is 0 Å². The third kappa shape index (κ3) is 2.42. The standard InChI is InChI=1S/C9H11BrN6O/c1-16-8(9(10)14-15-16)5-3-6(11)13-7(12-5)4-17-2/h3H,4H2,1-2H3,(H2,11,12,13). The SMILES string of the molecule is COCc1nc(N)cc(-c2c(Br)nnn2C)n1. The maximum atomic E-state index is 5.72. The predicted octanol–water partition coefficient (Wildman–Crippen LogP) is 0.763. The van der Waals surface area contributed by atoms with Gasteiger partial charge in [-0.3, -0.25) is 0 Å². The minimum Gasteiger partial charge on any atom is -0.384 e. The van der Waals surface area contributed by atoms with Crippen LogP contribution >= 0.6 is 15.9 Å². The molecule has 2 N–H and O–H groups in total. The van der Waals surface area contributed by atoms with E-state index in [1.54, 1.807) is 24.9 Å². The lowest BCUT2D eigenvalue weighted by atomic mass is 10.3. The first-order valence-corrected chi connectivity index (χ1v) is 5.59. The van der Waals surface area contributed by atoms with E-state index in [1.165, 1.54) is 0 Å². The van der Waals surface area contributed by atoms with E-state index >= 15 is 0 Å². The quantitative estimate of drug-likeness (QED) is 0.899. The molecule has 0 unspecified atom stereocenters. The molecule has 0 aliphatic heterocycles. The van der Waals surface area contributed by atoms with Crippen molar-refractivity contribution in [2.75, 3.05) is 12.8 Å². The number of halogens is 1. The molecule has 2 heterocycles. The minimum atomic E-state index is 0.306. The lowest BCUT2D eigenvalue weighted by Gasteiger charge is -2.05. The number of methoxy groups -OCH3 is 1. The Hall–Kier alpha value is -1.54. The molecule has 17 heavy (non-hydrogen) atoms. The van der Waals surface area contributed by atoms with Gasteiger partial charge < -0.3 is 10.5 Å². The third-order valence-corrected chi connectivity index (χ3v) is 2.63. The van der Waals surface area contributed by atoms with Crippen LogP contribution in [0.1, 0.15) is 5.82 Å². The second-order valence-electron chi connectivity index (χ2n) is 3.38. The van der Waals surface area contributed by atoms with Gasteiger partial charge in [0.2, 0.25) is 0 Å². The molecule has 0 fully saturated rings. The van der Waals surface area contributed by atoms with Crippen molar-refractivity contribution in [2.45, 2.75) is 6.61 Å². The number of aromatic nitrogens is 5. The van der Waals surface area contributed by atoms with Crippen LogP contribution in [0, 0.1) is 0 Å². The van der Waals surface area contributed by atoms with Crippen molar-refractivity contribution >= 4 is 21.7 Å². The van der Waals surface area contributed by atoms with E-state index in [2.05, 4.69) is 36.2 Å². The summed E-state index contributed by atoms with van der Waals surface area (Å²) < 4.78 is 7.21. The van der Waals surface area contributed by atoms with Crippen LogP contribution in [-0.2, 0) is 18.4 Å². The maximum Gasteiger partial charge on any atom is 0.157 e. The Morgan fingerprint density at radius 1 is 1.47 bits per heavy atom. The molecule has 0 saturated heterocycles. The molecule has 0 aromatic carbocycles. The van der Waals surface area contributed by atoms with E-state index < -0.39 is 0 Å². The molecule has 0 bridgehead atoms. The first kappa shape index (κ1) is 11.9. The van der Waals surface area contributed by atoms with E-state index in [0.717, 1.165) is 5.69 Å². The molecule has 90 valence electrons. The van der Waals surface area contributed by atoms with Crippen LogP contribution in [0.2, 0.25) is 0 Å². The second kappa shape index (κ2) is 4.76. The second-order valence-corrected chi connectivity index (χ2v) is 4.13. The summed E-state index contributed by atoms with van der Waals surface area (Å²) in [5.41, 5.74) is 7.13. The van der Waals surface area contributed by atoms with Crippen LogP contribution in [0.15, 0.2) is 10.7 Å². The number of nitrogens with zero attached hydrogens (tertiary/aromatic N) is 5. The van der Waals surface area contributed by atoms with E-state index in [0.29, 0.717) is 28.5 Å². The summed E-state index contributed by atoms with van der Waals surface area (Å²) in [5.74, 6) is 0.908. The fraction of sp³-hybridized carbons (Fsp3) is 0.333. The van der Waals surface area contributed by atoms with E-state index in [4.69, 9.17) is 10.5 Å². The van der Waals surface area contributed by atoms with E-state index in [9.17, 15) is 0 Å². The fourth-order valence-corrected chi connectivity index (χ4v) is 1.97. The summed E-state index contributed by atoms with van der Waals surface area (Å²) >= 11 is 3.32. The lowest BCUT2D eigenvalue weighted by Crippen LogP contribution is -2.04. The fourth-order valence-electron chi connectivity index (χ4n) is 1.44. The number of rotatable bonds is 3. The number of aryl methyl sites for hydroxylation is 1. The number of nitrogen functional groups attached to an aromatic ring is 1. The van der Waals surface area contributed by atoms with Gasteiger partial charge >= 0.3 is 0 Å². The Morgan fingerprint density at radius 2 is 2.24 bits per heavy atom. The first-order chi connectivity index (χ1) is 8.11. The smallest absolute Gasteiger partial charge is 0.157 e. The highest BCUT2D eigenvalue weighted by Gasteiger charge is 2.14. The van der Waals surface area contributed by atoms with E-state index in [1.807, 2.05) is 0 Å². The minimum absolute atomic E-state index is 0.306. The largest absolute Gasteiger partial charge is 0.384 e. The van der Waals surface area contributed by atoms with Crippen molar-refractivity contribution in [2.24, 2.45) is 7.05 Å². The molecule has 2 aromatic heterocycles. The van der Waals surface area contributed by atoms with Crippen molar-refractivity contribution < 1.29 is 4.74 Å². The molecule has 0 saturated carbocycles. The number of hydrogen-bond donors (Lipinski definition) is 1. The van der Waals surface area contributed by atoms with Crippen LogP contribution in [-0.4, -0.2) is 32.1 Å². The average Bonchev–Trinajstić information content (AvgIpc) is 2.58. The molecule has 2 aromatic rings. The van der Waals surface area contributed by atoms with Gasteiger partial charge in [0, 0.05) is 20.2 Å². The Balaban J connectivity index is 2.52. The number of hydrogen-bond acceptors (Lipinski definition) is 6. The van der Waals surface area contributed by atoms with Crippen molar-refractivity contribution in [3.8, 4) is 11.4 Å². The lowest BCUT2D eigenvalue weighted by molar-refractivity contribution is 0.178. The monoisotopic (exact) mass is 298 g/mol. The zero-order valence-electron chi connectivity index (χ0n) is 9.38. The Kier molecular flexibility index (Phi) is 3.34. The van der Waals surface area contributed by atoms with Crippen LogP contribution < -0.4 is 5.73 Å². The normalized spacial score (nSPS) is 10.8. The molecule has 0 radical (unpaired) electrons. The van der Waals surface area contributed by atoms with Crippen molar-refractivity contribution in [3.63, 3.8) is 0 Å². The summed E-state index contributed by atoms with van der Waals surface area (Å²) in [6.07, 6.45) is 0. The van der Waals surface area contributed by atoms with Crippen LogP contribution in [0.4, 0.5) is 5.82 Å². The number of nitrogens with two attached hydrogens (primary N) is 1. The molecular weight excluding hydrogens is 288 g/mol. The van der Waals surface area contributed by atoms with Crippen LogP contribution in [0.3, 0.4) is 0 Å². The summed E-state index contributed by atoms with van der Waals surface area (Å²) in [7, 11) is 3.36. The molecule has 0 spiro atoms. The zero-order chi connectivity index (χ0) is 12.4. The van der Waals surface area contributed by atoms with Gasteiger partial charge in [0.25, 0.3) is 0 Å². The Morgan fingerprint density at radius 3 is 2.82 bits per heavy atom. The highest BCUT2D eigenvalue weighted by Crippen LogP contribution is 2.24. The van der Waals surface area contributed by atoms with Crippen molar-refractivity contribution in [3.05, 3.63) is 16.5 Å². The van der Waals surface area contributed by atoms with Gasteiger partial charge in [0.1, 0.15) is 18.1 Å². The zero-order valence-corrected chi connectivity index (χ0v) is 11.0. The predicted molar refractivity (Wildman–Crippen MR) is 64.9 cm³/mol. The molecule has 0 aliphatic rings. The highest BCUT2D eigenvalue weighted by atomic mass is 79.9. The molecule has 8 heteroatoms. The summed E-state index contributed by atoms with van der Waals surface area (Å²) in [5, 5.41) is 7.78. The Labute approximate surface area is 106 Å². The van der Waals surface area contributed by atoms with Crippen molar-refractivity contribution in [1.29, 1.82) is 0 Å². The van der Waals surface area contributed by atoms with Gasteiger partial charge in [0.05, 0.1) is 5.69 Å². The van der Waals surface area contributed by atoms with Gasteiger partial charge in [-0.15, -0.1) is 5.10 Å². The average molecular weight is 299 g/mol. The third-order valence-electron chi connectivity index (χ3n) is 2.09. The summed E-state index contributed by atoms with van der Waals surface area (Å²) in [4.78, 5) is 8.41. The maximum absolute atomic E-state index is 5.72. The molecule has 0 aliphatic carbocycles. The number of ether oxygens (including phenoxy) is 1. The van der Waals surface area contributed by atoms with Gasteiger partial charge in [-0.25, -0.2) is 14.6 Å². The first-order valence-electron chi connectivity index (χ1n) is 4.79. The van der Waals surface area contributed by atoms with Crippen LogP contribution in [0.5, 0.6) is 0 Å².